The monoisotopic (exact) mass is 258 g/mol. The van der Waals surface area contributed by atoms with Crippen molar-refractivity contribution in [1.82, 2.24) is 15.1 Å². The lowest BCUT2D eigenvalue weighted by atomic mass is 10.2. The van der Waals surface area contributed by atoms with Gasteiger partial charge in [-0.05, 0) is 23.8 Å². The number of nitrogens with one attached hydrogen (secondary N) is 1. The number of amides is 1. The number of aryl methyl sites for hydroxylation is 1. The number of benzene rings is 1. The molecule has 0 saturated carbocycles. The Labute approximate surface area is 112 Å². The van der Waals surface area contributed by atoms with Crippen molar-refractivity contribution >= 4 is 11.6 Å². The van der Waals surface area contributed by atoms with Crippen LogP contribution in [0.5, 0.6) is 0 Å². The minimum Gasteiger partial charge on any atom is -0.378 e. The number of nitrogens with zero attached hydrogens (tertiary/aromatic N) is 3. The van der Waals surface area contributed by atoms with Gasteiger partial charge in [-0.15, -0.1) is 0 Å². The van der Waals surface area contributed by atoms with Gasteiger partial charge >= 0.3 is 0 Å². The maximum atomic E-state index is 11.9. The highest BCUT2D eigenvalue weighted by molar-refractivity contribution is 5.92. The van der Waals surface area contributed by atoms with E-state index >= 15 is 0 Å². The van der Waals surface area contributed by atoms with Crippen molar-refractivity contribution in [3.8, 4) is 0 Å². The van der Waals surface area contributed by atoms with Crippen LogP contribution in [0.1, 0.15) is 16.1 Å². The molecule has 1 N–H and O–H groups in total. The summed E-state index contributed by atoms with van der Waals surface area (Å²) in [5.41, 5.74) is 2.77. The SMILES string of the molecule is CN(C)c1ccc(CNC(=O)c2ccnn2C)cc1. The number of aromatic nitrogens is 2. The molecular formula is C14H18N4O. The number of carbonyl (C=O) groups excluding carboxylic acids is 1. The third-order valence-electron chi connectivity index (χ3n) is 2.96. The average molecular weight is 258 g/mol. The second kappa shape index (κ2) is 5.56. The zero-order valence-electron chi connectivity index (χ0n) is 11.4. The summed E-state index contributed by atoms with van der Waals surface area (Å²) < 4.78 is 1.56. The Kier molecular flexibility index (Phi) is 3.85. The van der Waals surface area contributed by atoms with Crippen molar-refractivity contribution in [2.45, 2.75) is 6.54 Å². The summed E-state index contributed by atoms with van der Waals surface area (Å²) in [6.45, 7) is 0.512. The lowest BCUT2D eigenvalue weighted by Gasteiger charge is -2.13. The third kappa shape index (κ3) is 3.13. The van der Waals surface area contributed by atoms with E-state index in [4.69, 9.17) is 0 Å². The van der Waals surface area contributed by atoms with Crippen LogP contribution in [-0.4, -0.2) is 29.8 Å². The molecule has 0 spiro atoms. The fraction of sp³-hybridized carbons (Fsp3) is 0.286. The smallest absolute Gasteiger partial charge is 0.269 e. The van der Waals surface area contributed by atoms with E-state index in [9.17, 15) is 4.79 Å². The quantitative estimate of drug-likeness (QED) is 0.902. The van der Waals surface area contributed by atoms with Crippen LogP contribution in [0.4, 0.5) is 5.69 Å². The second-order valence-electron chi connectivity index (χ2n) is 4.58. The molecule has 0 atom stereocenters. The van der Waals surface area contributed by atoms with Crippen LogP contribution in [0.15, 0.2) is 36.5 Å². The Morgan fingerprint density at radius 3 is 2.47 bits per heavy atom. The van der Waals surface area contributed by atoms with Gasteiger partial charge < -0.3 is 10.2 Å². The Balaban J connectivity index is 1.95. The van der Waals surface area contributed by atoms with Crippen molar-refractivity contribution in [1.29, 1.82) is 0 Å². The molecule has 100 valence electrons. The minimum atomic E-state index is -0.114. The molecule has 1 amide bonds. The van der Waals surface area contributed by atoms with Crippen molar-refractivity contribution < 1.29 is 4.79 Å². The van der Waals surface area contributed by atoms with Crippen molar-refractivity contribution in [3.63, 3.8) is 0 Å². The van der Waals surface area contributed by atoms with Gasteiger partial charge in [0.1, 0.15) is 5.69 Å². The number of hydrogen-bond acceptors (Lipinski definition) is 3. The van der Waals surface area contributed by atoms with E-state index in [1.807, 2.05) is 43.3 Å². The summed E-state index contributed by atoms with van der Waals surface area (Å²) in [5.74, 6) is -0.114. The van der Waals surface area contributed by atoms with E-state index in [1.54, 1.807) is 24.0 Å². The van der Waals surface area contributed by atoms with Crippen LogP contribution < -0.4 is 10.2 Å². The van der Waals surface area contributed by atoms with Crippen molar-refractivity contribution in [2.24, 2.45) is 7.05 Å². The summed E-state index contributed by atoms with van der Waals surface area (Å²) in [6.07, 6.45) is 1.61. The number of hydrogen-bond donors (Lipinski definition) is 1. The van der Waals surface area contributed by atoms with Gasteiger partial charge in [-0.3, -0.25) is 9.48 Å². The molecule has 0 aliphatic rings. The molecule has 5 heteroatoms. The van der Waals surface area contributed by atoms with Gasteiger partial charge in [0.2, 0.25) is 0 Å². The molecule has 19 heavy (non-hydrogen) atoms. The molecule has 1 aromatic carbocycles. The fourth-order valence-electron chi connectivity index (χ4n) is 1.78. The van der Waals surface area contributed by atoms with Gasteiger partial charge in [-0.1, -0.05) is 12.1 Å². The molecule has 1 aromatic heterocycles. The Bertz CT molecular complexity index is 557. The molecule has 0 unspecified atom stereocenters. The van der Waals surface area contributed by atoms with Crippen molar-refractivity contribution in [2.75, 3.05) is 19.0 Å². The summed E-state index contributed by atoms with van der Waals surface area (Å²) >= 11 is 0. The second-order valence-corrected chi connectivity index (χ2v) is 4.58. The molecular weight excluding hydrogens is 240 g/mol. The van der Waals surface area contributed by atoms with E-state index in [0.29, 0.717) is 12.2 Å². The molecule has 1 heterocycles. The van der Waals surface area contributed by atoms with Crippen LogP contribution in [0.2, 0.25) is 0 Å². The van der Waals surface area contributed by atoms with Crippen LogP contribution in [0, 0.1) is 0 Å². The van der Waals surface area contributed by atoms with E-state index in [0.717, 1.165) is 11.3 Å². The van der Waals surface area contributed by atoms with Crippen molar-refractivity contribution in [3.05, 3.63) is 47.8 Å². The minimum absolute atomic E-state index is 0.114. The number of carbonyl (C=O) groups is 1. The molecule has 5 nitrogen and oxygen atoms in total. The highest BCUT2D eigenvalue weighted by Crippen LogP contribution is 2.12. The molecule has 0 bridgehead atoms. The predicted octanol–water partition coefficient (Wildman–Crippen LogP) is 1.42. The summed E-state index contributed by atoms with van der Waals surface area (Å²) in [4.78, 5) is 13.9. The molecule has 0 saturated heterocycles. The molecule has 0 radical (unpaired) electrons. The van der Waals surface area contributed by atoms with E-state index in [-0.39, 0.29) is 5.91 Å². The first kappa shape index (κ1) is 13.1. The molecule has 0 aliphatic carbocycles. The highest BCUT2D eigenvalue weighted by atomic mass is 16.2. The number of rotatable bonds is 4. The van der Waals surface area contributed by atoms with Gasteiger partial charge in [0.25, 0.3) is 5.91 Å². The van der Waals surface area contributed by atoms with Gasteiger partial charge in [-0.2, -0.15) is 5.10 Å². The van der Waals surface area contributed by atoms with Gasteiger partial charge in [0.05, 0.1) is 0 Å². The first-order chi connectivity index (χ1) is 9.08. The Morgan fingerprint density at radius 2 is 1.95 bits per heavy atom. The first-order valence-electron chi connectivity index (χ1n) is 6.10. The zero-order chi connectivity index (χ0) is 13.8. The predicted molar refractivity (Wildman–Crippen MR) is 75.1 cm³/mol. The third-order valence-corrected chi connectivity index (χ3v) is 2.96. The Hall–Kier alpha value is -2.30. The largest absolute Gasteiger partial charge is 0.378 e. The highest BCUT2D eigenvalue weighted by Gasteiger charge is 2.08. The van der Waals surface area contributed by atoms with E-state index < -0.39 is 0 Å². The fourth-order valence-corrected chi connectivity index (χ4v) is 1.78. The summed E-state index contributed by atoms with van der Waals surface area (Å²) in [7, 11) is 5.75. The van der Waals surface area contributed by atoms with Crippen LogP contribution in [0.25, 0.3) is 0 Å². The van der Waals surface area contributed by atoms with E-state index in [2.05, 4.69) is 10.4 Å². The molecule has 2 aromatic rings. The average Bonchev–Trinajstić information content (AvgIpc) is 2.83. The first-order valence-corrected chi connectivity index (χ1v) is 6.10. The molecule has 2 rings (SSSR count). The van der Waals surface area contributed by atoms with E-state index in [1.165, 1.54) is 0 Å². The van der Waals surface area contributed by atoms with Gasteiger partial charge in [-0.25, -0.2) is 0 Å². The maximum Gasteiger partial charge on any atom is 0.269 e. The van der Waals surface area contributed by atoms with Gasteiger partial charge in [0.15, 0.2) is 0 Å². The normalized spacial score (nSPS) is 10.3. The van der Waals surface area contributed by atoms with Crippen LogP contribution in [-0.2, 0) is 13.6 Å². The standard InChI is InChI=1S/C14H18N4O/c1-17(2)12-6-4-11(5-7-12)10-15-14(19)13-8-9-16-18(13)3/h4-9H,10H2,1-3H3,(H,15,19). The lowest BCUT2D eigenvalue weighted by molar-refractivity contribution is 0.0941. The Morgan fingerprint density at radius 1 is 1.26 bits per heavy atom. The number of anilines is 1. The lowest BCUT2D eigenvalue weighted by Crippen LogP contribution is -2.25. The summed E-state index contributed by atoms with van der Waals surface area (Å²) in [5, 5.41) is 6.85. The zero-order valence-corrected chi connectivity index (χ0v) is 11.4. The molecule has 0 fully saturated rings. The topological polar surface area (TPSA) is 50.2 Å². The maximum absolute atomic E-state index is 11.9. The van der Waals surface area contributed by atoms with Gasteiger partial charge in [0, 0.05) is 39.6 Å². The summed E-state index contributed by atoms with van der Waals surface area (Å²) in [6, 6.07) is 9.79. The van der Waals surface area contributed by atoms with Crippen LogP contribution in [0.3, 0.4) is 0 Å². The van der Waals surface area contributed by atoms with Crippen LogP contribution >= 0.6 is 0 Å². The molecule has 0 aliphatic heterocycles.